The van der Waals surface area contributed by atoms with Crippen molar-refractivity contribution >= 4 is 52.3 Å². The highest BCUT2D eigenvalue weighted by Crippen LogP contribution is 2.65. The summed E-state index contributed by atoms with van der Waals surface area (Å²) in [5, 5.41) is 23.2. The van der Waals surface area contributed by atoms with E-state index in [1.807, 2.05) is 0 Å². The van der Waals surface area contributed by atoms with Gasteiger partial charge in [0.1, 0.15) is 0 Å². The number of nitro benzene ring substituents is 1. The molecule has 2 heterocycles. The van der Waals surface area contributed by atoms with Gasteiger partial charge in [-0.15, -0.1) is 0 Å². The van der Waals surface area contributed by atoms with Crippen LogP contribution in [0.25, 0.3) is 0 Å². The Labute approximate surface area is 289 Å². The molecule has 3 fully saturated rings. The predicted molar refractivity (Wildman–Crippen MR) is 180 cm³/mol. The zero-order chi connectivity index (χ0) is 35.1. The van der Waals surface area contributed by atoms with Crippen LogP contribution in [0.15, 0.2) is 109 Å². The number of phenols is 1. The number of imide groups is 2. The van der Waals surface area contributed by atoms with Gasteiger partial charge in [-0.2, -0.15) is 0 Å². The Hall–Kier alpha value is -5.68. The van der Waals surface area contributed by atoms with Gasteiger partial charge in [0.2, 0.25) is 23.6 Å². The number of nitrogens with zero attached hydrogens (tertiary/aromatic N) is 3. The van der Waals surface area contributed by atoms with Gasteiger partial charge in [0.05, 0.1) is 39.5 Å². The number of rotatable bonds is 5. The molecule has 0 radical (unpaired) electrons. The number of carbonyl (C=O) groups excluding carboxylic acids is 4. The number of aromatic hydroxyl groups is 1. The number of fused-ring (bicyclic) bond motifs is 4. The zero-order valence-electron chi connectivity index (χ0n) is 26.1. The van der Waals surface area contributed by atoms with E-state index in [-0.39, 0.29) is 35.5 Å². The van der Waals surface area contributed by atoms with Gasteiger partial charge in [0.15, 0.2) is 11.6 Å². The molecule has 0 unspecified atom stereocenters. The third-order valence-corrected chi connectivity index (χ3v) is 11.0. The summed E-state index contributed by atoms with van der Waals surface area (Å²) in [6.45, 7) is 0. The minimum absolute atomic E-state index is 0.0160. The number of hydrogen-bond acceptors (Lipinski definition) is 7. The smallest absolute Gasteiger partial charge is 0.271 e. The summed E-state index contributed by atoms with van der Waals surface area (Å²) in [5.74, 6) is -8.74. The Morgan fingerprint density at radius 3 is 2.24 bits per heavy atom. The number of non-ortho nitro benzene ring substituents is 1. The van der Waals surface area contributed by atoms with Crippen LogP contribution in [0.1, 0.15) is 29.9 Å². The lowest BCUT2D eigenvalue weighted by Crippen LogP contribution is -2.53. The average molecular weight is 692 g/mol. The molecule has 2 aliphatic heterocycles. The third-order valence-electron chi connectivity index (χ3n) is 10.8. The number of phenolic OH excluding ortho intramolecular Hbond substituents is 1. The molecule has 8 rings (SSSR count). The first kappa shape index (κ1) is 31.6. The highest BCUT2D eigenvalue weighted by Gasteiger charge is 2.70. The minimum atomic E-state index is -1.69. The fraction of sp³-hybridized carbons (Fsp3) is 0.211. The first-order valence-corrected chi connectivity index (χ1v) is 16.4. The van der Waals surface area contributed by atoms with Crippen molar-refractivity contribution in [2.45, 2.75) is 24.2 Å². The molecule has 2 aliphatic carbocycles. The second kappa shape index (κ2) is 11.4. The molecule has 50 heavy (non-hydrogen) atoms. The topological polar surface area (TPSA) is 138 Å². The quantitative estimate of drug-likeness (QED) is 0.110. The number of nitro groups is 1. The van der Waals surface area contributed by atoms with Gasteiger partial charge in [0.25, 0.3) is 5.69 Å². The Morgan fingerprint density at radius 2 is 1.52 bits per heavy atom. The maximum Gasteiger partial charge on any atom is 0.271 e. The number of amides is 4. The molecule has 0 aromatic heterocycles. The van der Waals surface area contributed by atoms with E-state index >= 15 is 9.18 Å². The SMILES string of the molecule is O=C1[C@H]2[C@H](CC=C3[C@H]2C[C@H]2C(=O)N(c4cccc(Cl)c4)C(=O)[C@@]2(c2ccccc2)[C@H]3c2cccc(F)c2O)C(=O)N1c1cccc([N+](=O)[O-])c1. The fourth-order valence-corrected chi connectivity index (χ4v) is 9.04. The molecular weight excluding hydrogens is 665 g/mol. The molecule has 12 heteroatoms. The summed E-state index contributed by atoms with van der Waals surface area (Å²) >= 11 is 6.32. The van der Waals surface area contributed by atoms with Crippen molar-refractivity contribution in [1.29, 1.82) is 0 Å². The number of anilines is 2. The lowest BCUT2D eigenvalue weighted by atomic mass is 9.49. The zero-order valence-corrected chi connectivity index (χ0v) is 26.9. The van der Waals surface area contributed by atoms with Crippen molar-refractivity contribution in [3.8, 4) is 5.75 Å². The van der Waals surface area contributed by atoms with Crippen LogP contribution in [0, 0.1) is 39.6 Å². The second-order valence-corrected chi connectivity index (χ2v) is 13.5. The van der Waals surface area contributed by atoms with Crippen molar-refractivity contribution < 1.29 is 33.6 Å². The van der Waals surface area contributed by atoms with Crippen molar-refractivity contribution in [2.24, 2.45) is 23.7 Å². The van der Waals surface area contributed by atoms with Gasteiger partial charge >= 0.3 is 0 Å². The van der Waals surface area contributed by atoms with Crippen LogP contribution >= 0.6 is 11.6 Å². The van der Waals surface area contributed by atoms with Crippen LogP contribution in [0.5, 0.6) is 5.75 Å². The first-order chi connectivity index (χ1) is 24.0. The number of carbonyl (C=O) groups is 4. The molecule has 2 saturated heterocycles. The molecule has 4 amide bonds. The summed E-state index contributed by atoms with van der Waals surface area (Å²) in [6.07, 6.45) is 1.84. The average Bonchev–Trinajstić information content (AvgIpc) is 3.50. The molecule has 1 saturated carbocycles. The van der Waals surface area contributed by atoms with Gasteiger partial charge < -0.3 is 5.11 Å². The van der Waals surface area contributed by atoms with Gasteiger partial charge in [-0.25, -0.2) is 14.2 Å². The Balaban J connectivity index is 1.35. The fourth-order valence-electron chi connectivity index (χ4n) is 8.85. The van der Waals surface area contributed by atoms with Gasteiger partial charge in [0, 0.05) is 28.6 Å². The minimum Gasteiger partial charge on any atom is -0.505 e. The molecule has 0 bridgehead atoms. The molecule has 0 spiro atoms. The van der Waals surface area contributed by atoms with Crippen molar-refractivity contribution in [1.82, 2.24) is 0 Å². The number of para-hydroxylation sites is 1. The Morgan fingerprint density at radius 1 is 0.820 bits per heavy atom. The number of allylic oxidation sites excluding steroid dienone is 2. The second-order valence-electron chi connectivity index (χ2n) is 13.1. The summed E-state index contributed by atoms with van der Waals surface area (Å²) in [6, 6.07) is 24.3. The van der Waals surface area contributed by atoms with Gasteiger partial charge in [-0.3, -0.25) is 29.3 Å². The summed E-state index contributed by atoms with van der Waals surface area (Å²) in [7, 11) is 0. The molecule has 4 aromatic carbocycles. The van der Waals surface area contributed by atoms with Crippen molar-refractivity contribution in [3.63, 3.8) is 0 Å². The van der Waals surface area contributed by atoms with Crippen LogP contribution in [-0.4, -0.2) is 33.7 Å². The van der Waals surface area contributed by atoms with E-state index in [1.54, 1.807) is 54.6 Å². The maximum absolute atomic E-state index is 15.2. The van der Waals surface area contributed by atoms with Crippen LogP contribution in [0.2, 0.25) is 5.02 Å². The van der Waals surface area contributed by atoms with E-state index < -0.39 is 75.1 Å². The summed E-state index contributed by atoms with van der Waals surface area (Å²) in [5.41, 5.74) is -0.628. The Bertz CT molecular complexity index is 2190. The molecule has 1 N–H and O–H groups in total. The molecule has 4 aliphatic rings. The molecular formula is C38H27ClFN3O7. The van der Waals surface area contributed by atoms with E-state index in [4.69, 9.17) is 11.6 Å². The lowest BCUT2D eigenvalue weighted by Gasteiger charge is -2.50. The number of hydrogen-bond donors (Lipinski definition) is 1. The maximum atomic E-state index is 15.2. The van der Waals surface area contributed by atoms with Crippen LogP contribution in [0.3, 0.4) is 0 Å². The van der Waals surface area contributed by atoms with Crippen LogP contribution < -0.4 is 9.80 Å². The Kier molecular flexibility index (Phi) is 7.23. The largest absolute Gasteiger partial charge is 0.505 e. The summed E-state index contributed by atoms with van der Waals surface area (Å²) in [4.78, 5) is 71.2. The van der Waals surface area contributed by atoms with Crippen molar-refractivity contribution in [3.05, 3.63) is 141 Å². The predicted octanol–water partition coefficient (Wildman–Crippen LogP) is 6.46. The number of halogens is 2. The van der Waals surface area contributed by atoms with E-state index in [2.05, 4.69) is 0 Å². The first-order valence-electron chi connectivity index (χ1n) is 16.0. The third kappa shape index (κ3) is 4.32. The lowest BCUT2D eigenvalue weighted by molar-refractivity contribution is -0.384. The highest BCUT2D eigenvalue weighted by molar-refractivity contribution is 6.32. The normalized spacial score (nSPS) is 27.2. The molecule has 250 valence electrons. The standard InChI is InChI=1S/C38H27ClFN3O7/c39-21-9-4-10-22(17-21)42-35(46)29-19-28-25(15-16-26-31(28)36(47)41(34(26)45)23-11-5-12-24(18-23)43(49)50)32(27-13-6-14-30(40)33(27)44)38(29,37(42)48)20-7-2-1-3-8-20/h1-15,17-18,26,28-29,31-32,44H,16,19H2/t26-,28+,29-,31-,32+,38+/m0/s1. The van der Waals surface area contributed by atoms with Crippen LogP contribution in [0.4, 0.5) is 21.5 Å². The summed E-state index contributed by atoms with van der Waals surface area (Å²) < 4.78 is 15.2. The monoisotopic (exact) mass is 691 g/mol. The van der Waals surface area contributed by atoms with Crippen molar-refractivity contribution in [2.75, 3.05) is 9.80 Å². The van der Waals surface area contributed by atoms with Crippen LogP contribution in [-0.2, 0) is 24.6 Å². The van der Waals surface area contributed by atoms with Gasteiger partial charge in [-0.1, -0.05) is 77.8 Å². The van der Waals surface area contributed by atoms with E-state index in [9.17, 15) is 29.6 Å². The van der Waals surface area contributed by atoms with E-state index in [0.29, 0.717) is 16.2 Å². The molecule has 6 atom stereocenters. The highest BCUT2D eigenvalue weighted by atomic mass is 35.5. The van der Waals surface area contributed by atoms with E-state index in [1.165, 1.54) is 42.5 Å². The van der Waals surface area contributed by atoms with Gasteiger partial charge in [-0.05, 0) is 54.7 Å². The molecule has 4 aromatic rings. The molecule has 10 nitrogen and oxygen atoms in total. The van der Waals surface area contributed by atoms with E-state index in [0.717, 1.165) is 15.9 Å². The number of benzene rings is 4.